The lowest BCUT2D eigenvalue weighted by Gasteiger charge is -2.41. The topological polar surface area (TPSA) is 210 Å². The lowest BCUT2D eigenvalue weighted by Crippen LogP contribution is -2.64. The Hall–Kier alpha value is -1.15. The highest BCUT2D eigenvalue weighted by atomic mass is 31.2. The van der Waals surface area contributed by atoms with Crippen LogP contribution in [0.2, 0.25) is 0 Å². The molecular formula is C42H81O13P. The highest BCUT2D eigenvalue weighted by Gasteiger charge is 2.51. The molecule has 0 aromatic rings. The van der Waals surface area contributed by atoms with Crippen LogP contribution in [0.5, 0.6) is 0 Å². The largest absolute Gasteiger partial charge is 0.472 e. The summed E-state index contributed by atoms with van der Waals surface area (Å²) in [5.41, 5.74) is 0. The molecule has 0 aromatic carbocycles. The molecule has 56 heavy (non-hydrogen) atoms. The van der Waals surface area contributed by atoms with E-state index in [9.17, 15) is 44.6 Å². The Labute approximate surface area is 338 Å². The van der Waals surface area contributed by atoms with Gasteiger partial charge in [-0.25, -0.2) is 4.57 Å². The maximum Gasteiger partial charge on any atom is 0.472 e. The van der Waals surface area contributed by atoms with Crippen LogP contribution in [0, 0.1) is 0 Å². The van der Waals surface area contributed by atoms with Crippen LogP contribution >= 0.6 is 7.82 Å². The van der Waals surface area contributed by atoms with Crippen molar-refractivity contribution in [2.24, 2.45) is 0 Å². The molecule has 0 aromatic heterocycles. The van der Waals surface area contributed by atoms with Crippen LogP contribution in [0.1, 0.15) is 200 Å². The third kappa shape index (κ3) is 26.1. The zero-order valence-electron chi connectivity index (χ0n) is 34.9. The molecule has 0 spiro atoms. The van der Waals surface area contributed by atoms with Crippen molar-refractivity contribution in [3.8, 4) is 0 Å². The second kappa shape index (κ2) is 33.7. The van der Waals surface area contributed by atoms with Gasteiger partial charge >= 0.3 is 19.8 Å². The van der Waals surface area contributed by atoms with Crippen molar-refractivity contribution in [3.63, 3.8) is 0 Å². The summed E-state index contributed by atoms with van der Waals surface area (Å²) in [5, 5.41) is 49.9. The minimum absolute atomic E-state index is 0.104. The number of carbonyl (C=O) groups is 2. The standard InChI is InChI=1S/C42H81O13P/c1-3-5-7-9-10-11-12-13-14-15-16-17-18-19-20-21-22-23-24-25-27-29-31-36(44)54-34(32-52-35(43)30-28-26-8-6-4-2)33-53-56(50,51)55-42-40(48)38(46)37(45)39(47)41(42)49/h34,37-42,45-49H,3-33H2,1-2H3,(H,50,51). The van der Waals surface area contributed by atoms with E-state index in [1.54, 1.807) is 0 Å². The highest BCUT2D eigenvalue weighted by Crippen LogP contribution is 2.47. The van der Waals surface area contributed by atoms with E-state index in [-0.39, 0.29) is 12.8 Å². The van der Waals surface area contributed by atoms with Gasteiger partial charge in [-0.05, 0) is 12.8 Å². The fourth-order valence-corrected chi connectivity index (χ4v) is 8.03. The third-order valence-corrected chi connectivity index (χ3v) is 11.7. The van der Waals surface area contributed by atoms with Gasteiger partial charge in [-0.1, -0.05) is 174 Å². The second-order valence-corrected chi connectivity index (χ2v) is 17.3. The van der Waals surface area contributed by atoms with Crippen LogP contribution < -0.4 is 0 Å². The lowest BCUT2D eigenvalue weighted by atomic mass is 9.85. The molecule has 1 aliphatic rings. The number of ether oxygens (including phenoxy) is 2. The van der Waals surface area contributed by atoms with Gasteiger partial charge in [0.05, 0.1) is 6.61 Å². The zero-order valence-corrected chi connectivity index (χ0v) is 35.8. The molecule has 6 unspecified atom stereocenters. The molecule has 0 radical (unpaired) electrons. The van der Waals surface area contributed by atoms with E-state index in [0.717, 1.165) is 44.9 Å². The molecule has 1 fully saturated rings. The predicted octanol–water partition coefficient (Wildman–Crippen LogP) is 8.11. The Balaban J connectivity index is 2.29. The van der Waals surface area contributed by atoms with Crippen molar-refractivity contribution in [1.29, 1.82) is 0 Å². The van der Waals surface area contributed by atoms with Gasteiger partial charge in [0.15, 0.2) is 6.10 Å². The Bertz CT molecular complexity index is 1000. The van der Waals surface area contributed by atoms with Gasteiger partial charge in [0, 0.05) is 12.8 Å². The highest BCUT2D eigenvalue weighted by molar-refractivity contribution is 7.47. The summed E-state index contributed by atoms with van der Waals surface area (Å²) in [4.78, 5) is 35.3. The van der Waals surface area contributed by atoms with Crippen molar-refractivity contribution >= 4 is 19.8 Å². The van der Waals surface area contributed by atoms with Crippen LogP contribution in [-0.2, 0) is 32.7 Å². The zero-order chi connectivity index (χ0) is 41.4. The molecule has 0 bridgehead atoms. The van der Waals surface area contributed by atoms with Crippen molar-refractivity contribution in [1.82, 2.24) is 0 Å². The van der Waals surface area contributed by atoms with Gasteiger partial charge < -0.3 is 39.9 Å². The molecular weight excluding hydrogens is 743 g/mol. The summed E-state index contributed by atoms with van der Waals surface area (Å²) < 4.78 is 33.2. The molecule has 1 aliphatic carbocycles. The van der Waals surface area contributed by atoms with Crippen LogP contribution in [0.25, 0.3) is 0 Å². The third-order valence-electron chi connectivity index (χ3n) is 10.7. The fourth-order valence-electron chi connectivity index (χ4n) is 7.05. The number of phosphoric ester groups is 1. The lowest BCUT2D eigenvalue weighted by molar-refractivity contribution is -0.220. The quantitative estimate of drug-likeness (QED) is 0.0199. The summed E-state index contributed by atoms with van der Waals surface area (Å²) in [6.07, 6.45) is 19.5. The molecule has 14 heteroatoms. The number of rotatable bonds is 37. The van der Waals surface area contributed by atoms with Gasteiger partial charge in [0.1, 0.15) is 43.2 Å². The first kappa shape index (κ1) is 52.9. The van der Waals surface area contributed by atoms with Crippen LogP contribution in [0.15, 0.2) is 0 Å². The summed E-state index contributed by atoms with van der Waals surface area (Å²) in [6.45, 7) is 3.20. The smallest absolute Gasteiger partial charge is 0.462 e. The van der Waals surface area contributed by atoms with E-state index < -0.39 is 75.7 Å². The Morgan fingerprint density at radius 3 is 1.18 bits per heavy atom. The molecule has 0 aliphatic heterocycles. The van der Waals surface area contributed by atoms with E-state index in [0.29, 0.717) is 12.8 Å². The Morgan fingerprint density at radius 2 is 0.804 bits per heavy atom. The van der Waals surface area contributed by atoms with E-state index in [2.05, 4.69) is 13.8 Å². The summed E-state index contributed by atoms with van der Waals surface area (Å²) in [7, 11) is -5.10. The average Bonchev–Trinajstić information content (AvgIpc) is 3.17. The molecule has 1 rings (SSSR count). The van der Waals surface area contributed by atoms with Crippen LogP contribution in [0.3, 0.4) is 0 Å². The second-order valence-electron chi connectivity index (χ2n) is 15.9. The number of aliphatic hydroxyl groups is 5. The maximum atomic E-state index is 12.7. The molecule has 0 saturated heterocycles. The first-order valence-corrected chi connectivity index (χ1v) is 23.8. The maximum absolute atomic E-state index is 12.7. The van der Waals surface area contributed by atoms with Crippen LogP contribution in [-0.4, -0.2) is 98.3 Å². The molecule has 13 nitrogen and oxygen atoms in total. The van der Waals surface area contributed by atoms with Crippen molar-refractivity contribution in [2.45, 2.75) is 243 Å². The number of hydrogen-bond donors (Lipinski definition) is 6. The van der Waals surface area contributed by atoms with E-state index in [1.807, 2.05) is 0 Å². The van der Waals surface area contributed by atoms with Gasteiger partial charge in [0.2, 0.25) is 0 Å². The molecule has 0 amide bonds. The summed E-state index contributed by atoms with van der Waals surface area (Å²) in [6, 6.07) is 0. The van der Waals surface area contributed by atoms with Gasteiger partial charge in [-0.3, -0.25) is 18.6 Å². The van der Waals surface area contributed by atoms with Crippen molar-refractivity contribution in [3.05, 3.63) is 0 Å². The molecule has 332 valence electrons. The van der Waals surface area contributed by atoms with Crippen LogP contribution in [0.4, 0.5) is 0 Å². The SMILES string of the molecule is CCCCCCCCCCCCCCCCCCCCCCCCC(=O)OC(COC(=O)CCCCCCC)COP(=O)(O)OC1C(O)C(O)C(O)C(O)C1O. The first-order chi connectivity index (χ1) is 26.9. The molecule has 6 atom stereocenters. The number of unbranched alkanes of at least 4 members (excludes halogenated alkanes) is 25. The normalized spacial score (nSPS) is 22.8. The molecule has 6 N–H and O–H groups in total. The van der Waals surface area contributed by atoms with Gasteiger partial charge in [0.25, 0.3) is 0 Å². The van der Waals surface area contributed by atoms with E-state index in [1.165, 1.54) is 116 Å². The van der Waals surface area contributed by atoms with Crippen molar-refractivity contribution in [2.75, 3.05) is 13.2 Å². The monoisotopic (exact) mass is 825 g/mol. The first-order valence-electron chi connectivity index (χ1n) is 22.3. The summed E-state index contributed by atoms with van der Waals surface area (Å²) >= 11 is 0. The number of hydrogen-bond acceptors (Lipinski definition) is 12. The molecule has 0 heterocycles. The fraction of sp³-hybridized carbons (Fsp3) is 0.952. The van der Waals surface area contributed by atoms with Crippen molar-refractivity contribution < 1.29 is 63.1 Å². The number of aliphatic hydroxyl groups excluding tert-OH is 5. The number of carbonyl (C=O) groups excluding carboxylic acids is 2. The van der Waals surface area contributed by atoms with E-state index in [4.69, 9.17) is 18.5 Å². The Kier molecular flexibility index (Phi) is 31.8. The minimum atomic E-state index is -5.10. The van der Waals surface area contributed by atoms with Gasteiger partial charge in [-0.2, -0.15) is 0 Å². The average molecular weight is 825 g/mol. The van der Waals surface area contributed by atoms with Gasteiger partial charge in [-0.15, -0.1) is 0 Å². The Morgan fingerprint density at radius 1 is 0.482 bits per heavy atom. The molecule has 1 saturated carbocycles. The predicted molar refractivity (Wildman–Crippen MR) is 217 cm³/mol. The number of esters is 2. The van der Waals surface area contributed by atoms with E-state index >= 15 is 0 Å². The summed E-state index contributed by atoms with van der Waals surface area (Å²) in [5.74, 6) is -1.10. The number of phosphoric acid groups is 1. The minimum Gasteiger partial charge on any atom is -0.462 e.